The number of aromatic nitrogens is 4. The number of nitrogens with one attached hydrogen (secondary N) is 5. The zero-order valence-corrected chi connectivity index (χ0v) is 71.8. The molecule has 3 aliphatic carbocycles. The van der Waals surface area contributed by atoms with E-state index in [4.69, 9.17) is 76.6 Å². The maximum absolute atomic E-state index is 14.3. The zero-order valence-electron chi connectivity index (χ0n) is 62.7. The smallest absolute Gasteiger partial charge is 1.00 e. The van der Waals surface area contributed by atoms with E-state index in [-0.39, 0.29) is 224 Å². The number of Topliss-reactive ketones (excluding diaryl/α,β-unsaturated/α-hetero) is 1. The number of rotatable bonds is 23. The Hall–Kier alpha value is -6.17. The fourth-order valence-electron chi connectivity index (χ4n) is 10.7. The molecule has 0 radical (unpaired) electrons. The van der Waals surface area contributed by atoms with E-state index in [1.807, 2.05) is 20.8 Å². The number of primary amides is 2. The average molecular weight is 1700 g/mol. The van der Waals surface area contributed by atoms with Crippen LogP contribution in [-0.2, 0) is 75.7 Å². The number of para-hydroxylation sites is 2. The van der Waals surface area contributed by atoms with Gasteiger partial charge in [-0.3, -0.25) is 47.7 Å². The maximum Gasteiger partial charge on any atom is 1.00 e. The molecule has 3 fully saturated rings. The Morgan fingerprint density at radius 1 is 0.642 bits per heavy atom. The number of halogens is 7. The van der Waals surface area contributed by atoms with Crippen molar-refractivity contribution in [2.75, 3.05) is 18.4 Å². The maximum atomic E-state index is 14.3. The molecule has 0 bridgehead atoms. The summed E-state index contributed by atoms with van der Waals surface area (Å²) in [7, 11) is 0. The van der Waals surface area contributed by atoms with Crippen molar-refractivity contribution in [3.05, 3.63) is 164 Å². The van der Waals surface area contributed by atoms with Crippen molar-refractivity contribution in [3.8, 4) is 0 Å². The summed E-state index contributed by atoms with van der Waals surface area (Å²) >= 11 is 20.1. The Labute approximate surface area is 737 Å². The van der Waals surface area contributed by atoms with Crippen molar-refractivity contribution < 1.29 is 190 Å². The van der Waals surface area contributed by atoms with E-state index in [9.17, 15) is 56.3 Å². The van der Waals surface area contributed by atoms with Gasteiger partial charge in [0.25, 0.3) is 18.3 Å². The first-order chi connectivity index (χ1) is 50.4. The van der Waals surface area contributed by atoms with Gasteiger partial charge in [-0.15, -0.1) is 0 Å². The Kier molecular flexibility index (Phi) is 42.2. The van der Waals surface area contributed by atoms with Crippen LogP contribution in [-0.4, -0.2) is 149 Å². The average Bonchev–Trinajstić information content (AvgIpc) is 1.61. The van der Waals surface area contributed by atoms with E-state index in [1.54, 1.807) is 99.6 Å². The van der Waals surface area contributed by atoms with Gasteiger partial charge in [0.15, 0.2) is 11.4 Å². The molecule has 3 aliphatic rings. The molecule has 0 aliphatic heterocycles. The Morgan fingerprint density at radius 2 is 1.06 bits per heavy atom. The molecule has 109 heavy (non-hydrogen) atoms. The summed E-state index contributed by atoms with van der Waals surface area (Å²) in [6, 6.07) is 28.1. The van der Waals surface area contributed by atoms with Crippen LogP contribution in [0.1, 0.15) is 133 Å². The molecular formula is C72H88BrCl3F3K2N13O15. The van der Waals surface area contributed by atoms with E-state index in [2.05, 4.69) is 64.5 Å². The van der Waals surface area contributed by atoms with Gasteiger partial charge in [0.05, 0.1) is 44.5 Å². The number of carboxylic acid groups (broad SMARTS) is 1. The number of carboxylic acids is 1. The van der Waals surface area contributed by atoms with Gasteiger partial charge in [0, 0.05) is 71.6 Å². The summed E-state index contributed by atoms with van der Waals surface area (Å²) in [4.78, 5) is 119. The van der Waals surface area contributed by atoms with Gasteiger partial charge in [0.1, 0.15) is 47.5 Å². The number of carbonyl (C=O) groups is 10. The summed E-state index contributed by atoms with van der Waals surface area (Å²) < 4.78 is 54.2. The first-order valence-corrected chi connectivity index (χ1v) is 35.8. The van der Waals surface area contributed by atoms with E-state index in [1.165, 1.54) is 38.5 Å². The van der Waals surface area contributed by atoms with E-state index in [0.29, 0.717) is 70.0 Å². The topological polar surface area (TPSA) is 419 Å². The number of nitrogens with zero attached hydrogens (tertiary/aromatic N) is 5. The van der Waals surface area contributed by atoms with Gasteiger partial charge in [-0.1, -0.05) is 130 Å². The number of nitrogens with two attached hydrogens (primary N) is 3. The molecule has 28 nitrogen and oxygen atoms in total. The number of aliphatic carboxylic acids is 1. The normalized spacial score (nSPS) is 16.4. The number of alkyl carbamates (subject to hydrolysis) is 2. The van der Waals surface area contributed by atoms with Crippen LogP contribution in [0.4, 0.5) is 22.8 Å². The van der Waals surface area contributed by atoms with Crippen molar-refractivity contribution >= 4 is 132 Å². The van der Waals surface area contributed by atoms with Crippen LogP contribution < -0.4 is 152 Å². The minimum Gasteiger partial charge on any atom is -1.00 e. The van der Waals surface area contributed by atoms with Gasteiger partial charge >= 0.3 is 121 Å². The zero-order chi connectivity index (χ0) is 79.5. The van der Waals surface area contributed by atoms with Crippen molar-refractivity contribution in [1.82, 2.24) is 51.0 Å². The van der Waals surface area contributed by atoms with Crippen LogP contribution in [0.25, 0.3) is 21.8 Å². The predicted molar refractivity (Wildman–Crippen MR) is 396 cm³/mol. The first-order valence-electron chi connectivity index (χ1n) is 33.5. The molecule has 2 aromatic heterocycles. The molecule has 0 atom stereocenters. The molecule has 37 heteroatoms. The summed E-state index contributed by atoms with van der Waals surface area (Å²) in [6.07, 6.45) is 4.58. The van der Waals surface area contributed by atoms with Crippen LogP contribution in [0.3, 0.4) is 0 Å². The molecular weight excluding hydrogens is 1610 g/mol. The van der Waals surface area contributed by atoms with Crippen LogP contribution in [0.5, 0.6) is 0 Å². The monoisotopic (exact) mass is 1690 g/mol. The third-order valence-electron chi connectivity index (χ3n) is 16.0. The predicted octanol–water partition coefficient (Wildman–Crippen LogP) is 2.76. The summed E-state index contributed by atoms with van der Waals surface area (Å²) in [6.45, 7) is 12.3. The number of hydrogen-bond acceptors (Lipinski definition) is 18. The largest absolute Gasteiger partial charge is 1.00 e. The first kappa shape index (κ1) is 97.0. The van der Waals surface area contributed by atoms with Crippen LogP contribution >= 0.6 is 50.7 Å². The molecule has 0 saturated heterocycles. The fraction of sp³-hybridized carbons (Fsp3) is 0.417. The van der Waals surface area contributed by atoms with Crippen LogP contribution in [0.2, 0.25) is 15.1 Å². The summed E-state index contributed by atoms with van der Waals surface area (Å²) in [5.41, 5.74) is 17.5. The minimum atomic E-state index is -1.02. The number of fused-ring (bicyclic) bond motifs is 2. The standard InChI is InChI=1S/C28H32ClFN6O5.C14H18ClFN2O.C10H9BrClFO.C10H9N3O3.C9H18N2O2.CH2O3.2K.H/c1-28(2,3)41-27(40)33-17-11-18(12-17)35(14-22(37)32-13-16-7-6-9-20(29)24(16)30)23(38)15-36-21-10-5-4-8-19(21)25(34-36)26(31)39;1-9-5-11(6-9)17-8-13(19)18-7-10-3-2-4-12(15)14(10)16;11-6-8(14)5-4-7-2-1-3-9(12)10(7)13;11-10(16)9-6-3-1-2-4-7(6)13(12-9)5-8(14)15;1-9(2,3)13-8(12)11-7-4-6(10)5-7;2-1-4-3;;;/h4-10,17-18H,11-15H2,1-3H3,(H2,31,39)(H,32,37)(H,33,40);2-4,9,11,17H,5-8H2,1H3,(H,18,19);1-3H,4-6H2;1-4H,5H2,(H2,11,16)(H,14,15);6-7H,4-5,10H2,1-3H3,(H,11,12);1,3H;;;/q;;;;;;2*+1;-1/p-1. The van der Waals surface area contributed by atoms with Gasteiger partial charge in [-0.25, -0.2) is 22.8 Å². The fourth-order valence-corrected chi connectivity index (χ4v) is 11.6. The molecule has 0 unspecified atom stereocenters. The second kappa shape index (κ2) is 47.4. The molecule has 2 heterocycles. The molecule has 0 spiro atoms. The van der Waals surface area contributed by atoms with Crippen LogP contribution in [0, 0.1) is 23.4 Å². The quantitative estimate of drug-likeness (QED) is 0.0146. The van der Waals surface area contributed by atoms with E-state index >= 15 is 0 Å². The van der Waals surface area contributed by atoms with Crippen molar-refractivity contribution in [2.45, 2.75) is 167 Å². The number of hydrogen-bond donors (Lipinski definition) is 9. The van der Waals surface area contributed by atoms with Gasteiger partial charge in [0.2, 0.25) is 17.7 Å². The number of aryl methyl sites for hydroxylation is 1. The number of amides is 7. The van der Waals surface area contributed by atoms with Crippen LogP contribution in [0.15, 0.2) is 103 Å². The van der Waals surface area contributed by atoms with Gasteiger partial charge in [-0.05, 0) is 128 Å². The van der Waals surface area contributed by atoms with Crippen molar-refractivity contribution in [3.63, 3.8) is 0 Å². The summed E-state index contributed by atoms with van der Waals surface area (Å²) in [5.74, 6) is -4.19. The number of alkyl halides is 1. The van der Waals surface area contributed by atoms with Gasteiger partial charge in [-0.2, -0.15) is 10.2 Å². The Morgan fingerprint density at radius 3 is 1.46 bits per heavy atom. The Balaban J connectivity index is 0.000000498. The number of ketones is 1. The SMILES string of the molecule is CC(C)(C)OC(=O)NC1CC(N(CC(=O)NCc2cccc(Cl)c2F)C(=O)Cn2nc(C(N)=O)c3ccccc32)C1.CC(C)(C)OC(=O)NC1CC(N)C1.CC1CC(NCC(=O)NCc2cccc(Cl)c2F)C1.NC(=O)c1nn(CC(=O)O)c2ccccc12.O=C(CBr)CCc1cccc(Cl)c1F.O=CO[O-].[H-].[K+].[K+]. The molecule has 12 N–H and O–H groups in total. The Bertz CT molecular complexity index is 4260. The molecule has 7 aromatic rings. The minimum absolute atomic E-state index is 0. The third kappa shape index (κ3) is 33.2. The van der Waals surface area contributed by atoms with E-state index < -0.39 is 64.3 Å². The molecule has 3 saturated carbocycles. The molecule has 10 rings (SSSR count). The molecule has 582 valence electrons. The van der Waals surface area contributed by atoms with Crippen molar-refractivity contribution in [1.29, 1.82) is 0 Å². The second-order valence-corrected chi connectivity index (χ2v) is 28.7. The second-order valence-electron chi connectivity index (χ2n) is 26.9. The number of carbonyl (C=O) groups excluding carboxylic acids is 9. The summed E-state index contributed by atoms with van der Waals surface area (Å²) in [5, 5.41) is 40.8. The van der Waals surface area contributed by atoms with Crippen molar-refractivity contribution in [2.24, 2.45) is 23.1 Å². The number of ether oxygens (including phenoxy) is 2. The van der Waals surface area contributed by atoms with Gasteiger partial charge < -0.3 is 74.8 Å². The molecule has 7 amide bonds. The third-order valence-corrected chi connectivity index (χ3v) is 17.5. The van der Waals surface area contributed by atoms with E-state index in [0.717, 1.165) is 31.6 Å². The number of benzene rings is 5. The molecule has 5 aromatic carbocycles.